The number of hydrogen-bond donors (Lipinski definition) is 1. The first-order valence-electron chi connectivity index (χ1n) is 5.76. The van der Waals surface area contributed by atoms with Crippen LogP contribution in [-0.2, 0) is 19.5 Å². The molecule has 8 heteroatoms. The van der Waals surface area contributed by atoms with Crippen molar-refractivity contribution in [3.63, 3.8) is 0 Å². The summed E-state index contributed by atoms with van der Waals surface area (Å²) in [7, 11) is 1.82. The quantitative estimate of drug-likeness (QED) is 0.823. The molecule has 2 heterocycles. The SMILES string of the molecule is CCc1noc(CN(C)Cc2nc(C(=O)O)co2)n1. The van der Waals surface area contributed by atoms with Crippen molar-refractivity contribution in [2.45, 2.75) is 26.4 Å². The van der Waals surface area contributed by atoms with Crippen LogP contribution in [0.3, 0.4) is 0 Å². The molecule has 0 fully saturated rings. The van der Waals surface area contributed by atoms with Gasteiger partial charge in [-0.05, 0) is 7.05 Å². The molecular formula is C11H14N4O4. The molecule has 19 heavy (non-hydrogen) atoms. The maximum absolute atomic E-state index is 10.7. The molecule has 0 unspecified atom stereocenters. The molecule has 2 aromatic rings. The lowest BCUT2D eigenvalue weighted by molar-refractivity contribution is 0.0690. The van der Waals surface area contributed by atoms with Gasteiger partial charge in [-0.1, -0.05) is 12.1 Å². The summed E-state index contributed by atoms with van der Waals surface area (Å²) < 4.78 is 10.1. The van der Waals surface area contributed by atoms with Gasteiger partial charge >= 0.3 is 5.97 Å². The minimum absolute atomic E-state index is 0.102. The molecule has 0 aliphatic heterocycles. The van der Waals surface area contributed by atoms with E-state index in [0.717, 1.165) is 12.7 Å². The van der Waals surface area contributed by atoms with Crippen molar-refractivity contribution in [1.29, 1.82) is 0 Å². The second-order valence-electron chi connectivity index (χ2n) is 4.06. The topological polar surface area (TPSA) is 105 Å². The maximum Gasteiger partial charge on any atom is 0.357 e. The summed E-state index contributed by atoms with van der Waals surface area (Å²) in [4.78, 5) is 20.5. The van der Waals surface area contributed by atoms with Crippen molar-refractivity contribution >= 4 is 5.97 Å². The van der Waals surface area contributed by atoms with Crippen LogP contribution in [0.1, 0.15) is 35.0 Å². The molecule has 102 valence electrons. The first-order valence-corrected chi connectivity index (χ1v) is 5.76. The Morgan fingerprint density at radius 1 is 1.37 bits per heavy atom. The van der Waals surface area contributed by atoms with Gasteiger partial charge in [0.05, 0.1) is 13.1 Å². The van der Waals surface area contributed by atoms with E-state index >= 15 is 0 Å². The summed E-state index contributed by atoms with van der Waals surface area (Å²) in [5.74, 6) is 0.384. The van der Waals surface area contributed by atoms with E-state index in [1.807, 2.05) is 18.9 Å². The number of aromatic carboxylic acids is 1. The van der Waals surface area contributed by atoms with E-state index in [4.69, 9.17) is 14.0 Å². The van der Waals surface area contributed by atoms with Crippen LogP contribution in [0.25, 0.3) is 0 Å². The molecule has 0 aliphatic rings. The van der Waals surface area contributed by atoms with Crippen molar-refractivity contribution in [2.24, 2.45) is 0 Å². The van der Waals surface area contributed by atoms with Gasteiger partial charge in [0.15, 0.2) is 11.5 Å². The Balaban J connectivity index is 1.92. The van der Waals surface area contributed by atoms with Crippen LogP contribution in [0.15, 0.2) is 15.2 Å². The third-order valence-corrected chi connectivity index (χ3v) is 2.41. The van der Waals surface area contributed by atoms with Crippen molar-refractivity contribution < 1.29 is 18.8 Å². The fourth-order valence-electron chi connectivity index (χ4n) is 1.50. The molecule has 0 atom stereocenters. The lowest BCUT2D eigenvalue weighted by Crippen LogP contribution is -2.17. The van der Waals surface area contributed by atoms with Crippen LogP contribution >= 0.6 is 0 Å². The van der Waals surface area contributed by atoms with Crippen molar-refractivity contribution in [3.8, 4) is 0 Å². The number of oxazole rings is 1. The van der Waals surface area contributed by atoms with Gasteiger partial charge in [0.2, 0.25) is 11.8 Å². The normalized spacial score (nSPS) is 11.1. The summed E-state index contributed by atoms with van der Waals surface area (Å²) in [6.07, 6.45) is 1.84. The van der Waals surface area contributed by atoms with E-state index in [0.29, 0.717) is 30.7 Å². The number of carboxylic acids is 1. The van der Waals surface area contributed by atoms with Crippen molar-refractivity contribution in [3.05, 3.63) is 29.6 Å². The molecule has 0 radical (unpaired) electrons. The smallest absolute Gasteiger partial charge is 0.357 e. The molecule has 0 saturated carbocycles. The lowest BCUT2D eigenvalue weighted by atomic mass is 10.4. The molecule has 0 aromatic carbocycles. The Labute approximate surface area is 109 Å². The molecule has 8 nitrogen and oxygen atoms in total. The van der Waals surface area contributed by atoms with E-state index in [2.05, 4.69) is 15.1 Å². The Bertz CT molecular complexity index is 563. The Morgan fingerprint density at radius 2 is 2.11 bits per heavy atom. The van der Waals surface area contributed by atoms with Crippen LogP contribution in [0.5, 0.6) is 0 Å². The van der Waals surface area contributed by atoms with Gasteiger partial charge in [-0.25, -0.2) is 9.78 Å². The van der Waals surface area contributed by atoms with E-state index in [1.54, 1.807) is 0 Å². The van der Waals surface area contributed by atoms with E-state index in [-0.39, 0.29) is 5.69 Å². The summed E-state index contributed by atoms with van der Waals surface area (Å²) in [5.41, 5.74) is -0.102. The van der Waals surface area contributed by atoms with E-state index in [9.17, 15) is 4.79 Å². The third-order valence-electron chi connectivity index (χ3n) is 2.41. The van der Waals surface area contributed by atoms with Gasteiger partial charge in [-0.15, -0.1) is 0 Å². The highest BCUT2D eigenvalue weighted by molar-refractivity contribution is 5.84. The summed E-state index contributed by atoms with van der Waals surface area (Å²) in [6, 6.07) is 0. The van der Waals surface area contributed by atoms with Gasteiger partial charge in [0.25, 0.3) is 0 Å². The van der Waals surface area contributed by atoms with Gasteiger partial charge < -0.3 is 14.0 Å². The molecule has 0 aliphatic carbocycles. The monoisotopic (exact) mass is 266 g/mol. The van der Waals surface area contributed by atoms with Gasteiger partial charge in [0, 0.05) is 6.42 Å². The molecular weight excluding hydrogens is 252 g/mol. The first-order chi connectivity index (χ1) is 9.08. The summed E-state index contributed by atoms with van der Waals surface area (Å²) in [5, 5.41) is 12.5. The molecule has 0 spiro atoms. The molecule has 2 aromatic heterocycles. The Kier molecular flexibility index (Phi) is 3.91. The molecule has 2 rings (SSSR count). The maximum atomic E-state index is 10.7. The van der Waals surface area contributed by atoms with Crippen LogP contribution < -0.4 is 0 Å². The number of carbonyl (C=O) groups is 1. The Hall–Kier alpha value is -2.22. The average Bonchev–Trinajstić information content (AvgIpc) is 2.98. The van der Waals surface area contributed by atoms with Crippen molar-refractivity contribution in [1.82, 2.24) is 20.0 Å². The van der Waals surface area contributed by atoms with Crippen LogP contribution in [0.2, 0.25) is 0 Å². The van der Waals surface area contributed by atoms with Gasteiger partial charge in [-0.3, -0.25) is 4.90 Å². The number of nitrogens with zero attached hydrogens (tertiary/aromatic N) is 4. The minimum Gasteiger partial charge on any atom is -0.476 e. The van der Waals surface area contributed by atoms with Gasteiger partial charge in [-0.2, -0.15) is 4.98 Å². The zero-order chi connectivity index (χ0) is 13.8. The largest absolute Gasteiger partial charge is 0.476 e. The van der Waals surface area contributed by atoms with Crippen LogP contribution in [0, 0.1) is 0 Å². The van der Waals surface area contributed by atoms with Crippen LogP contribution in [-0.4, -0.2) is 38.1 Å². The predicted molar refractivity (Wildman–Crippen MR) is 62.3 cm³/mol. The number of aromatic nitrogens is 3. The second kappa shape index (κ2) is 5.61. The number of hydrogen-bond acceptors (Lipinski definition) is 7. The van der Waals surface area contributed by atoms with Gasteiger partial charge in [0.1, 0.15) is 6.26 Å². The highest BCUT2D eigenvalue weighted by atomic mass is 16.5. The average molecular weight is 266 g/mol. The molecule has 1 N–H and O–H groups in total. The third kappa shape index (κ3) is 3.38. The van der Waals surface area contributed by atoms with E-state index in [1.165, 1.54) is 0 Å². The summed E-state index contributed by atoms with van der Waals surface area (Å²) >= 11 is 0. The highest BCUT2D eigenvalue weighted by Gasteiger charge is 2.14. The summed E-state index contributed by atoms with van der Waals surface area (Å²) in [6.45, 7) is 2.74. The molecule has 0 saturated heterocycles. The highest BCUT2D eigenvalue weighted by Crippen LogP contribution is 2.08. The Morgan fingerprint density at radius 3 is 2.68 bits per heavy atom. The van der Waals surface area contributed by atoms with Crippen LogP contribution in [0.4, 0.5) is 0 Å². The molecule has 0 bridgehead atoms. The number of rotatable bonds is 6. The first kappa shape index (κ1) is 13.2. The lowest BCUT2D eigenvalue weighted by Gasteiger charge is -2.10. The van der Waals surface area contributed by atoms with E-state index < -0.39 is 5.97 Å². The second-order valence-corrected chi connectivity index (χ2v) is 4.06. The number of carboxylic acid groups (broad SMARTS) is 1. The van der Waals surface area contributed by atoms with Crippen molar-refractivity contribution in [2.75, 3.05) is 7.05 Å². The zero-order valence-corrected chi connectivity index (χ0v) is 10.7. The minimum atomic E-state index is -1.11. The predicted octanol–water partition coefficient (Wildman–Crippen LogP) is 0.950. The fraction of sp³-hybridized carbons (Fsp3) is 0.455. The zero-order valence-electron chi connectivity index (χ0n) is 10.7. The standard InChI is InChI=1S/C11H14N4O4/c1-3-8-13-10(19-14-8)5-15(2)4-9-12-7(6-18-9)11(16)17/h6H,3-5H2,1-2H3,(H,16,17). The molecule has 0 amide bonds. The fourth-order valence-corrected chi connectivity index (χ4v) is 1.50. The number of aryl methyl sites for hydroxylation is 1.